The molecule has 102 valence electrons. The van der Waals surface area contributed by atoms with Gasteiger partial charge in [0.25, 0.3) is 0 Å². The Kier molecular flexibility index (Phi) is 3.49. The molecule has 0 aliphatic rings. The number of H-pyrrole nitrogens is 1. The second-order valence-corrected chi connectivity index (χ2v) is 5.84. The van der Waals surface area contributed by atoms with E-state index in [4.69, 9.17) is 5.73 Å². The number of aromatic amines is 1. The Morgan fingerprint density at radius 3 is 2.47 bits per heavy atom. The number of rotatable bonds is 4. The molecule has 0 saturated heterocycles. The van der Waals surface area contributed by atoms with E-state index in [1.165, 1.54) is 0 Å². The van der Waals surface area contributed by atoms with Gasteiger partial charge in [-0.1, -0.05) is 5.21 Å². The van der Waals surface area contributed by atoms with Gasteiger partial charge in [0.05, 0.1) is 11.4 Å². The molecular formula is C10H14N6O2S. The van der Waals surface area contributed by atoms with Crippen molar-refractivity contribution < 1.29 is 8.42 Å². The predicted molar refractivity (Wildman–Crippen MR) is 68.5 cm³/mol. The predicted octanol–water partition coefficient (Wildman–Crippen LogP) is -0.123. The second kappa shape index (κ2) is 4.94. The number of sulfonamides is 1. The van der Waals surface area contributed by atoms with Crippen molar-refractivity contribution in [2.75, 3.05) is 5.73 Å². The number of benzene rings is 1. The third-order valence-corrected chi connectivity index (χ3v) is 4.27. The minimum atomic E-state index is -3.64. The van der Waals surface area contributed by atoms with Crippen LogP contribution in [0.25, 0.3) is 0 Å². The molecule has 19 heavy (non-hydrogen) atoms. The monoisotopic (exact) mass is 282 g/mol. The van der Waals surface area contributed by atoms with Crippen LogP contribution in [-0.2, 0) is 16.6 Å². The van der Waals surface area contributed by atoms with Gasteiger partial charge in [0.2, 0.25) is 10.0 Å². The SMILES string of the molecule is Cc1cc(N)cc(C)c1S(=O)(=O)NCc1nn[nH]n1. The normalized spacial score (nSPS) is 11.7. The second-order valence-electron chi connectivity index (χ2n) is 4.14. The Bertz CT molecular complexity index is 657. The fraction of sp³-hybridized carbons (Fsp3) is 0.300. The summed E-state index contributed by atoms with van der Waals surface area (Å²) in [7, 11) is -3.64. The van der Waals surface area contributed by atoms with Gasteiger partial charge in [-0.15, -0.1) is 10.2 Å². The highest BCUT2D eigenvalue weighted by atomic mass is 32.2. The van der Waals surface area contributed by atoms with Gasteiger partial charge in [0.1, 0.15) is 0 Å². The quantitative estimate of drug-likeness (QED) is 0.671. The summed E-state index contributed by atoms with van der Waals surface area (Å²) in [6.07, 6.45) is 0. The summed E-state index contributed by atoms with van der Waals surface area (Å²) < 4.78 is 26.9. The van der Waals surface area contributed by atoms with Crippen molar-refractivity contribution in [2.24, 2.45) is 0 Å². The Morgan fingerprint density at radius 2 is 1.95 bits per heavy atom. The lowest BCUT2D eigenvalue weighted by molar-refractivity contribution is 0.578. The Balaban J connectivity index is 2.29. The number of aryl methyl sites for hydroxylation is 2. The van der Waals surface area contributed by atoms with Crippen molar-refractivity contribution in [1.29, 1.82) is 0 Å². The highest BCUT2D eigenvalue weighted by Gasteiger charge is 2.20. The van der Waals surface area contributed by atoms with E-state index in [9.17, 15) is 8.42 Å². The zero-order valence-corrected chi connectivity index (χ0v) is 11.3. The van der Waals surface area contributed by atoms with Crippen molar-refractivity contribution in [3.8, 4) is 0 Å². The van der Waals surface area contributed by atoms with E-state index in [-0.39, 0.29) is 17.3 Å². The zero-order valence-electron chi connectivity index (χ0n) is 10.5. The van der Waals surface area contributed by atoms with Gasteiger partial charge in [-0.3, -0.25) is 0 Å². The highest BCUT2D eigenvalue weighted by molar-refractivity contribution is 7.89. The van der Waals surface area contributed by atoms with Crippen LogP contribution in [0.15, 0.2) is 17.0 Å². The number of tetrazole rings is 1. The number of anilines is 1. The van der Waals surface area contributed by atoms with E-state index >= 15 is 0 Å². The third kappa shape index (κ3) is 2.88. The van der Waals surface area contributed by atoms with E-state index in [2.05, 4.69) is 25.3 Å². The van der Waals surface area contributed by atoms with Crippen LogP contribution < -0.4 is 10.5 Å². The first-order valence-corrected chi connectivity index (χ1v) is 6.97. The average Bonchev–Trinajstić information content (AvgIpc) is 2.77. The number of nitrogen functional groups attached to an aromatic ring is 1. The topological polar surface area (TPSA) is 127 Å². The van der Waals surface area contributed by atoms with Crippen molar-refractivity contribution >= 4 is 15.7 Å². The molecule has 0 atom stereocenters. The molecule has 0 bridgehead atoms. The summed E-state index contributed by atoms with van der Waals surface area (Å²) in [5.74, 6) is 0.273. The lowest BCUT2D eigenvalue weighted by Crippen LogP contribution is -2.25. The maximum Gasteiger partial charge on any atom is 0.241 e. The van der Waals surface area contributed by atoms with Gasteiger partial charge >= 0.3 is 0 Å². The van der Waals surface area contributed by atoms with E-state index in [1.54, 1.807) is 26.0 Å². The molecule has 1 heterocycles. The molecule has 0 aliphatic carbocycles. The van der Waals surface area contributed by atoms with Crippen molar-refractivity contribution in [1.82, 2.24) is 25.3 Å². The summed E-state index contributed by atoms with van der Waals surface area (Å²) in [4.78, 5) is 0.227. The number of aromatic nitrogens is 4. The molecule has 8 nitrogen and oxygen atoms in total. The molecule has 0 aliphatic heterocycles. The van der Waals surface area contributed by atoms with Crippen LogP contribution in [-0.4, -0.2) is 29.0 Å². The third-order valence-electron chi connectivity index (χ3n) is 2.56. The number of hydrogen-bond donors (Lipinski definition) is 3. The van der Waals surface area contributed by atoms with Crippen LogP contribution in [0.3, 0.4) is 0 Å². The van der Waals surface area contributed by atoms with Gasteiger partial charge in [-0.25, -0.2) is 13.1 Å². The number of nitrogens with one attached hydrogen (secondary N) is 2. The van der Waals surface area contributed by atoms with E-state index in [0.29, 0.717) is 16.8 Å². The Morgan fingerprint density at radius 1 is 1.32 bits per heavy atom. The summed E-state index contributed by atoms with van der Waals surface area (Å²) >= 11 is 0. The molecule has 2 aromatic rings. The summed E-state index contributed by atoms with van der Waals surface area (Å²) in [6.45, 7) is 3.38. The zero-order chi connectivity index (χ0) is 14.0. The van der Waals surface area contributed by atoms with E-state index < -0.39 is 10.0 Å². The van der Waals surface area contributed by atoms with Gasteiger partial charge in [-0.2, -0.15) is 5.21 Å². The fourth-order valence-electron chi connectivity index (χ4n) is 1.90. The maximum absolute atomic E-state index is 12.2. The fourth-order valence-corrected chi connectivity index (χ4v) is 3.33. The number of nitrogens with two attached hydrogens (primary N) is 1. The van der Waals surface area contributed by atoms with Crippen LogP contribution in [0.4, 0.5) is 5.69 Å². The first-order valence-electron chi connectivity index (χ1n) is 5.49. The molecule has 0 unspecified atom stereocenters. The average molecular weight is 282 g/mol. The molecule has 0 fully saturated rings. The van der Waals surface area contributed by atoms with Crippen molar-refractivity contribution in [2.45, 2.75) is 25.3 Å². The highest BCUT2D eigenvalue weighted by Crippen LogP contribution is 2.22. The minimum Gasteiger partial charge on any atom is -0.399 e. The maximum atomic E-state index is 12.2. The van der Waals surface area contributed by atoms with Crippen LogP contribution in [0.1, 0.15) is 17.0 Å². The smallest absolute Gasteiger partial charge is 0.241 e. The van der Waals surface area contributed by atoms with Crippen LogP contribution >= 0.6 is 0 Å². The van der Waals surface area contributed by atoms with Crippen molar-refractivity contribution in [3.05, 3.63) is 29.1 Å². The molecule has 1 aromatic carbocycles. The summed E-state index contributed by atoms with van der Waals surface area (Å²) in [5, 5.41) is 13.0. The Labute approximate surface area is 110 Å². The van der Waals surface area contributed by atoms with Gasteiger partial charge in [-0.05, 0) is 37.1 Å². The van der Waals surface area contributed by atoms with Gasteiger partial charge in [0, 0.05) is 5.69 Å². The molecular weight excluding hydrogens is 268 g/mol. The standard InChI is InChI=1S/C10H14N6O2S/c1-6-3-8(11)4-7(2)10(6)19(17,18)12-5-9-13-15-16-14-9/h3-4,12H,5,11H2,1-2H3,(H,13,14,15,16). The molecule has 0 amide bonds. The lowest BCUT2D eigenvalue weighted by atomic mass is 10.1. The van der Waals surface area contributed by atoms with Crippen molar-refractivity contribution in [3.63, 3.8) is 0 Å². The molecule has 0 spiro atoms. The Hall–Kier alpha value is -2.00. The lowest BCUT2D eigenvalue weighted by Gasteiger charge is -2.12. The number of nitrogens with zero attached hydrogens (tertiary/aromatic N) is 3. The number of hydrogen-bond acceptors (Lipinski definition) is 6. The van der Waals surface area contributed by atoms with Crippen LogP contribution in [0.2, 0.25) is 0 Å². The van der Waals surface area contributed by atoms with Crippen LogP contribution in [0.5, 0.6) is 0 Å². The van der Waals surface area contributed by atoms with Gasteiger partial charge < -0.3 is 5.73 Å². The van der Waals surface area contributed by atoms with Gasteiger partial charge in [0.15, 0.2) is 5.82 Å². The molecule has 4 N–H and O–H groups in total. The van der Waals surface area contributed by atoms with Crippen LogP contribution in [0, 0.1) is 13.8 Å². The first kappa shape index (κ1) is 13.4. The summed E-state index contributed by atoms with van der Waals surface area (Å²) in [5.41, 5.74) is 7.40. The molecule has 2 rings (SSSR count). The molecule has 9 heteroatoms. The first-order chi connectivity index (χ1) is 8.90. The molecule has 1 aromatic heterocycles. The minimum absolute atomic E-state index is 0.0257. The largest absolute Gasteiger partial charge is 0.399 e. The van der Waals surface area contributed by atoms with E-state index in [0.717, 1.165) is 0 Å². The molecule has 0 radical (unpaired) electrons. The van der Waals surface area contributed by atoms with E-state index in [1.807, 2.05) is 0 Å². The summed E-state index contributed by atoms with van der Waals surface area (Å²) in [6, 6.07) is 3.24. The molecule has 0 saturated carbocycles.